The van der Waals surface area contributed by atoms with Gasteiger partial charge in [0.25, 0.3) is 5.91 Å². The maximum atomic E-state index is 13.1. The van der Waals surface area contributed by atoms with Crippen molar-refractivity contribution in [2.24, 2.45) is 0 Å². The number of nitrogens with zero attached hydrogens (tertiary/aromatic N) is 4. The maximum absolute atomic E-state index is 13.1. The van der Waals surface area contributed by atoms with Gasteiger partial charge < -0.3 is 4.90 Å². The van der Waals surface area contributed by atoms with E-state index in [1.165, 1.54) is 10.4 Å². The topological polar surface area (TPSA) is 49.3 Å². The summed E-state index contributed by atoms with van der Waals surface area (Å²) < 4.78 is 0. The number of rotatable bonds is 4. The Kier molecular flexibility index (Phi) is 5.13. The second-order valence-electron chi connectivity index (χ2n) is 7.35. The Morgan fingerprint density at radius 3 is 2.64 bits per heavy atom. The molecular weight excluding hydrogens is 368 g/mol. The van der Waals surface area contributed by atoms with Crippen LogP contribution < -0.4 is 9.80 Å². The molecule has 0 unspecified atom stereocenters. The first-order valence-electron chi connectivity index (χ1n) is 9.48. The van der Waals surface area contributed by atoms with Gasteiger partial charge in [-0.15, -0.1) is 11.3 Å². The summed E-state index contributed by atoms with van der Waals surface area (Å²) >= 11 is 1.64. The van der Waals surface area contributed by atoms with Gasteiger partial charge in [0.05, 0.1) is 11.3 Å². The summed E-state index contributed by atoms with van der Waals surface area (Å²) in [4.78, 5) is 27.0. The van der Waals surface area contributed by atoms with Gasteiger partial charge in [0.2, 0.25) is 0 Å². The van der Waals surface area contributed by atoms with Gasteiger partial charge in [-0.25, -0.2) is 9.97 Å². The number of aromatic nitrogens is 2. The third kappa shape index (κ3) is 3.52. The molecule has 1 aliphatic carbocycles. The fraction of sp³-hybridized carbons (Fsp3) is 0.318. The van der Waals surface area contributed by atoms with Crippen molar-refractivity contribution in [1.82, 2.24) is 9.97 Å². The van der Waals surface area contributed by atoms with Gasteiger partial charge in [-0.3, -0.25) is 9.69 Å². The molecule has 5 nitrogen and oxygen atoms in total. The van der Waals surface area contributed by atoms with Crippen molar-refractivity contribution in [3.63, 3.8) is 0 Å². The lowest BCUT2D eigenvalue weighted by Crippen LogP contribution is -2.28. The second-order valence-corrected chi connectivity index (χ2v) is 8.41. The lowest BCUT2D eigenvalue weighted by molar-refractivity contribution is 0.0993. The number of hydrogen-bond donors (Lipinski definition) is 0. The Bertz CT molecular complexity index is 983. The average molecular weight is 393 g/mol. The molecule has 1 aromatic carbocycles. The third-order valence-electron chi connectivity index (χ3n) is 5.23. The molecule has 0 fully saturated rings. The number of pyridine rings is 1. The molecule has 0 saturated carbocycles. The van der Waals surface area contributed by atoms with Crippen LogP contribution >= 0.6 is 11.3 Å². The number of thiazole rings is 1. The second kappa shape index (κ2) is 7.72. The normalized spacial score (nSPS) is 15.8. The van der Waals surface area contributed by atoms with Crippen LogP contribution in [0, 0.1) is 0 Å². The summed E-state index contributed by atoms with van der Waals surface area (Å²) in [6, 6.07) is 14.3. The van der Waals surface area contributed by atoms with E-state index in [-0.39, 0.29) is 5.91 Å². The van der Waals surface area contributed by atoms with Crippen LogP contribution in [0.1, 0.15) is 38.8 Å². The summed E-state index contributed by atoms with van der Waals surface area (Å²) in [6.45, 7) is 0. The zero-order valence-electron chi connectivity index (χ0n) is 16.4. The molecule has 0 spiro atoms. The first-order valence-corrected chi connectivity index (χ1v) is 10.3. The largest absolute Gasteiger partial charge is 0.362 e. The van der Waals surface area contributed by atoms with Crippen LogP contribution in [0.25, 0.3) is 0 Å². The molecule has 1 aliphatic rings. The minimum Gasteiger partial charge on any atom is -0.362 e. The monoisotopic (exact) mass is 392 g/mol. The fourth-order valence-corrected chi connectivity index (χ4v) is 4.85. The molecule has 2 aromatic heterocycles. The third-order valence-corrected chi connectivity index (χ3v) is 6.43. The molecule has 6 heteroatoms. The van der Waals surface area contributed by atoms with Gasteiger partial charge in [-0.05, 0) is 42.9 Å². The van der Waals surface area contributed by atoms with E-state index in [0.717, 1.165) is 30.1 Å². The van der Waals surface area contributed by atoms with E-state index in [2.05, 4.69) is 35.3 Å². The molecule has 0 N–H and O–H groups in total. The lowest BCUT2D eigenvalue weighted by Gasteiger charge is -2.21. The van der Waals surface area contributed by atoms with Gasteiger partial charge >= 0.3 is 0 Å². The first kappa shape index (κ1) is 18.6. The highest BCUT2D eigenvalue weighted by Crippen LogP contribution is 2.38. The minimum absolute atomic E-state index is 0.0810. The van der Waals surface area contributed by atoms with E-state index in [1.807, 2.05) is 25.1 Å². The van der Waals surface area contributed by atoms with Crippen molar-refractivity contribution in [2.45, 2.75) is 25.2 Å². The predicted molar refractivity (Wildman–Crippen MR) is 115 cm³/mol. The molecule has 1 amide bonds. The van der Waals surface area contributed by atoms with Crippen LogP contribution in [0.5, 0.6) is 0 Å². The Morgan fingerprint density at radius 2 is 1.89 bits per heavy atom. The Morgan fingerprint density at radius 1 is 1.11 bits per heavy atom. The van der Waals surface area contributed by atoms with Gasteiger partial charge in [-0.1, -0.05) is 30.3 Å². The van der Waals surface area contributed by atoms with Crippen LogP contribution in [-0.4, -0.2) is 37.0 Å². The van der Waals surface area contributed by atoms with E-state index in [0.29, 0.717) is 17.3 Å². The summed E-state index contributed by atoms with van der Waals surface area (Å²) in [5.41, 5.74) is 3.12. The minimum atomic E-state index is -0.0810. The quantitative estimate of drug-likeness (QED) is 0.669. The van der Waals surface area contributed by atoms with Crippen molar-refractivity contribution in [2.75, 3.05) is 30.9 Å². The van der Waals surface area contributed by atoms with Crippen molar-refractivity contribution < 1.29 is 4.79 Å². The molecule has 0 saturated heterocycles. The van der Waals surface area contributed by atoms with E-state index >= 15 is 0 Å². The molecule has 3 aromatic rings. The standard InChI is InChI=1S/C22H24N4OS/c1-25(2)20-17(10-7-13-23-20)21(27)26(3)22-24-18-12-11-16(14-19(18)28-22)15-8-5-4-6-9-15/h4-10,13,16H,11-12,14H2,1-3H3/t16-/m0/s1. The molecule has 144 valence electrons. The fourth-order valence-electron chi connectivity index (χ4n) is 3.70. The number of hydrogen-bond acceptors (Lipinski definition) is 5. The zero-order chi connectivity index (χ0) is 19.7. The van der Waals surface area contributed by atoms with E-state index in [9.17, 15) is 4.79 Å². The molecule has 4 rings (SSSR count). The van der Waals surface area contributed by atoms with Gasteiger partial charge in [-0.2, -0.15) is 0 Å². The van der Waals surface area contributed by atoms with Gasteiger partial charge in [0.15, 0.2) is 5.13 Å². The highest BCUT2D eigenvalue weighted by Gasteiger charge is 2.27. The van der Waals surface area contributed by atoms with Crippen molar-refractivity contribution >= 4 is 28.2 Å². The number of carbonyl (C=O) groups excluding carboxylic acids is 1. The van der Waals surface area contributed by atoms with Crippen molar-refractivity contribution in [1.29, 1.82) is 0 Å². The number of aryl methyl sites for hydroxylation is 1. The summed E-state index contributed by atoms with van der Waals surface area (Å²) in [6.07, 6.45) is 4.77. The Hall–Kier alpha value is -2.73. The molecular formula is C22H24N4OS. The van der Waals surface area contributed by atoms with E-state index in [4.69, 9.17) is 4.98 Å². The molecule has 1 atom stereocenters. The molecule has 0 radical (unpaired) electrons. The number of benzene rings is 1. The Labute approximate surface area is 169 Å². The SMILES string of the molecule is CN(C)c1ncccc1C(=O)N(C)c1nc2c(s1)C[C@@H](c1ccccc1)CC2. The van der Waals surface area contributed by atoms with Crippen LogP contribution in [0.2, 0.25) is 0 Å². The number of carbonyl (C=O) groups is 1. The van der Waals surface area contributed by atoms with E-state index < -0.39 is 0 Å². The average Bonchev–Trinajstić information content (AvgIpc) is 3.16. The van der Waals surface area contributed by atoms with Crippen LogP contribution in [0.4, 0.5) is 10.9 Å². The zero-order valence-corrected chi connectivity index (χ0v) is 17.2. The predicted octanol–water partition coefficient (Wildman–Crippen LogP) is 4.15. The van der Waals surface area contributed by atoms with Crippen LogP contribution in [0.15, 0.2) is 48.7 Å². The van der Waals surface area contributed by atoms with Gasteiger partial charge in [0, 0.05) is 32.2 Å². The first-order chi connectivity index (χ1) is 13.5. The molecule has 0 aliphatic heterocycles. The number of amides is 1. The van der Waals surface area contributed by atoms with Crippen LogP contribution in [0.3, 0.4) is 0 Å². The highest BCUT2D eigenvalue weighted by molar-refractivity contribution is 7.16. The van der Waals surface area contributed by atoms with Crippen LogP contribution in [-0.2, 0) is 12.8 Å². The summed E-state index contributed by atoms with van der Waals surface area (Å²) in [7, 11) is 5.59. The number of anilines is 2. The molecule has 2 heterocycles. The summed E-state index contributed by atoms with van der Waals surface area (Å²) in [5, 5.41) is 0.761. The van der Waals surface area contributed by atoms with Gasteiger partial charge in [0.1, 0.15) is 5.82 Å². The van der Waals surface area contributed by atoms with Crippen molar-refractivity contribution in [3.05, 3.63) is 70.4 Å². The highest BCUT2D eigenvalue weighted by atomic mass is 32.1. The summed E-state index contributed by atoms with van der Waals surface area (Å²) in [5.74, 6) is 1.12. The van der Waals surface area contributed by atoms with E-state index in [1.54, 1.807) is 35.5 Å². The smallest absolute Gasteiger partial charge is 0.263 e. The molecule has 0 bridgehead atoms. The Balaban J connectivity index is 1.57. The molecule has 28 heavy (non-hydrogen) atoms. The maximum Gasteiger partial charge on any atom is 0.263 e. The number of fused-ring (bicyclic) bond motifs is 1. The lowest BCUT2D eigenvalue weighted by atomic mass is 9.85. The van der Waals surface area contributed by atoms with Crippen molar-refractivity contribution in [3.8, 4) is 0 Å².